The lowest BCUT2D eigenvalue weighted by atomic mass is 10.1. The summed E-state index contributed by atoms with van der Waals surface area (Å²) in [6.07, 6.45) is 2.15. The summed E-state index contributed by atoms with van der Waals surface area (Å²) in [7, 11) is -3.03. The van der Waals surface area contributed by atoms with Crippen LogP contribution in [0.4, 0.5) is 0 Å². The Bertz CT molecular complexity index is 409. The SMILES string of the molecule is CCCc1ccc(C[S+]=S(=O)(O)O)cc1. The molecule has 0 bridgehead atoms. The van der Waals surface area contributed by atoms with Crippen LogP contribution in [0.1, 0.15) is 24.5 Å². The van der Waals surface area contributed by atoms with Crippen molar-refractivity contribution in [1.29, 1.82) is 0 Å². The standard InChI is InChI=1S/C10H14O3S2/c1-2-3-9-4-6-10(7-5-9)8-14-15(11,12)13/h4-7H,2-3,8H2,1H3,(H-,11,12,13)/p+1. The molecule has 3 nitrogen and oxygen atoms in total. The van der Waals surface area contributed by atoms with Crippen LogP contribution in [0.5, 0.6) is 0 Å². The first-order chi connectivity index (χ1) is 7.01. The van der Waals surface area contributed by atoms with Crippen LogP contribution in [0.15, 0.2) is 24.3 Å². The molecule has 0 heterocycles. The van der Waals surface area contributed by atoms with Crippen LogP contribution in [0.2, 0.25) is 0 Å². The molecule has 0 aliphatic heterocycles. The molecule has 1 aromatic carbocycles. The fourth-order valence-electron chi connectivity index (χ4n) is 1.24. The molecule has 84 valence electrons. The van der Waals surface area contributed by atoms with E-state index in [4.69, 9.17) is 9.11 Å². The molecule has 1 rings (SSSR count). The molecule has 0 spiro atoms. The third-order valence-electron chi connectivity index (χ3n) is 1.94. The zero-order valence-corrected chi connectivity index (χ0v) is 10.2. The van der Waals surface area contributed by atoms with Crippen molar-refractivity contribution in [1.82, 2.24) is 0 Å². The Balaban J connectivity index is 2.69. The fraction of sp³-hybridized carbons (Fsp3) is 0.400. The van der Waals surface area contributed by atoms with Gasteiger partial charge >= 0.3 is 9.05 Å². The van der Waals surface area contributed by atoms with Gasteiger partial charge in [0.15, 0.2) is 0 Å². The number of benzene rings is 1. The molecule has 5 heteroatoms. The Hall–Kier alpha value is -0.490. The Kier molecular flexibility index (Phi) is 4.66. The highest BCUT2D eigenvalue weighted by Crippen LogP contribution is 2.07. The lowest BCUT2D eigenvalue weighted by Crippen LogP contribution is -1.97. The van der Waals surface area contributed by atoms with Gasteiger partial charge in [0.05, 0.1) is 0 Å². The topological polar surface area (TPSA) is 57.5 Å². The van der Waals surface area contributed by atoms with E-state index in [-0.39, 0.29) is 0 Å². The lowest BCUT2D eigenvalue weighted by molar-refractivity contribution is 0.450. The summed E-state index contributed by atoms with van der Waals surface area (Å²) >= 11 is 0. The molecule has 15 heavy (non-hydrogen) atoms. The first kappa shape index (κ1) is 12.6. The van der Waals surface area contributed by atoms with E-state index in [2.05, 4.69) is 6.92 Å². The minimum atomic E-state index is -3.68. The molecule has 0 aliphatic carbocycles. The summed E-state index contributed by atoms with van der Waals surface area (Å²) in [6, 6.07) is 7.86. The molecule has 1 aromatic rings. The van der Waals surface area contributed by atoms with Crippen molar-refractivity contribution >= 4 is 19.4 Å². The quantitative estimate of drug-likeness (QED) is 0.803. The number of hydrogen-bond donors (Lipinski definition) is 2. The average Bonchev–Trinajstić information content (AvgIpc) is 2.16. The van der Waals surface area contributed by atoms with Gasteiger partial charge in [-0.1, -0.05) is 37.6 Å². The lowest BCUT2D eigenvalue weighted by Gasteiger charge is -1.97. The van der Waals surface area contributed by atoms with E-state index in [1.807, 2.05) is 24.3 Å². The number of hydrogen-bond acceptors (Lipinski definition) is 1. The van der Waals surface area contributed by atoms with E-state index in [0.29, 0.717) is 16.1 Å². The summed E-state index contributed by atoms with van der Waals surface area (Å²) < 4.78 is 27.9. The minimum Gasteiger partial charge on any atom is -0.251 e. The molecule has 0 atom stereocenters. The van der Waals surface area contributed by atoms with Crippen LogP contribution in [-0.4, -0.2) is 13.3 Å². The van der Waals surface area contributed by atoms with Crippen LogP contribution in [0.3, 0.4) is 0 Å². The molecule has 0 saturated heterocycles. The van der Waals surface area contributed by atoms with E-state index < -0.39 is 9.05 Å². The maximum atomic E-state index is 10.6. The molecule has 0 amide bonds. The van der Waals surface area contributed by atoms with Crippen LogP contribution in [0.25, 0.3) is 0 Å². The third kappa shape index (κ3) is 5.22. The van der Waals surface area contributed by atoms with Gasteiger partial charge in [0.1, 0.15) is 0 Å². The summed E-state index contributed by atoms with van der Waals surface area (Å²) in [6.45, 7) is 2.12. The highest BCUT2D eigenvalue weighted by molar-refractivity contribution is 8.33. The molecule has 2 N–H and O–H groups in total. The van der Waals surface area contributed by atoms with Gasteiger partial charge in [0.25, 0.3) is 10.3 Å². The summed E-state index contributed by atoms with van der Waals surface area (Å²) in [4.78, 5) is 0. The monoisotopic (exact) mass is 247 g/mol. The number of aryl methyl sites for hydroxylation is 1. The molecule has 0 aliphatic rings. The van der Waals surface area contributed by atoms with Crippen molar-refractivity contribution < 1.29 is 13.3 Å². The first-order valence-corrected chi connectivity index (χ1v) is 7.70. The molecular formula is C10H15O3S2+. The second-order valence-electron chi connectivity index (χ2n) is 3.28. The molecular weight excluding hydrogens is 232 g/mol. The zero-order chi connectivity index (χ0) is 11.3. The minimum absolute atomic E-state index is 0.345. The van der Waals surface area contributed by atoms with E-state index >= 15 is 0 Å². The summed E-state index contributed by atoms with van der Waals surface area (Å²) in [5.74, 6) is 0.345. The van der Waals surface area contributed by atoms with Gasteiger partial charge in [-0.05, 0) is 12.0 Å². The van der Waals surface area contributed by atoms with Crippen molar-refractivity contribution in [2.45, 2.75) is 25.5 Å². The van der Waals surface area contributed by atoms with Crippen molar-refractivity contribution in [2.24, 2.45) is 0 Å². The Morgan fingerprint density at radius 2 is 1.73 bits per heavy atom. The highest BCUT2D eigenvalue weighted by Gasteiger charge is 2.10. The Labute approximate surface area is 93.8 Å². The van der Waals surface area contributed by atoms with Gasteiger partial charge in [0.2, 0.25) is 5.75 Å². The van der Waals surface area contributed by atoms with Crippen molar-refractivity contribution in [3.05, 3.63) is 35.4 Å². The third-order valence-corrected chi connectivity index (χ3v) is 3.97. The fourth-order valence-corrected chi connectivity index (χ4v) is 2.59. The van der Waals surface area contributed by atoms with E-state index in [0.717, 1.165) is 18.4 Å². The maximum absolute atomic E-state index is 10.6. The van der Waals surface area contributed by atoms with Crippen molar-refractivity contribution in [2.75, 3.05) is 0 Å². The summed E-state index contributed by atoms with van der Waals surface area (Å²) in [5, 5.41) is 0. The van der Waals surface area contributed by atoms with Gasteiger partial charge < -0.3 is 0 Å². The second kappa shape index (κ2) is 5.55. The zero-order valence-electron chi connectivity index (χ0n) is 8.55. The molecule has 0 aromatic heterocycles. The van der Waals surface area contributed by atoms with Gasteiger partial charge in [-0.3, -0.25) is 9.11 Å². The van der Waals surface area contributed by atoms with Crippen LogP contribution >= 0.6 is 0 Å². The van der Waals surface area contributed by atoms with Crippen LogP contribution in [0, 0.1) is 0 Å². The van der Waals surface area contributed by atoms with E-state index in [1.54, 1.807) is 0 Å². The highest BCUT2D eigenvalue weighted by atomic mass is 32.9. The van der Waals surface area contributed by atoms with Gasteiger partial charge in [0, 0.05) is 5.56 Å². The van der Waals surface area contributed by atoms with Crippen molar-refractivity contribution in [3.63, 3.8) is 0 Å². The molecule has 0 saturated carbocycles. The van der Waals surface area contributed by atoms with Gasteiger partial charge in [-0.2, -0.15) is 4.21 Å². The normalized spacial score (nSPS) is 11.4. The largest absolute Gasteiger partial charge is 0.430 e. The molecule has 0 radical (unpaired) electrons. The van der Waals surface area contributed by atoms with E-state index in [1.165, 1.54) is 5.56 Å². The maximum Gasteiger partial charge on any atom is 0.430 e. The van der Waals surface area contributed by atoms with Crippen LogP contribution in [-0.2, 0) is 31.5 Å². The van der Waals surface area contributed by atoms with Crippen LogP contribution < -0.4 is 0 Å². The average molecular weight is 247 g/mol. The summed E-state index contributed by atoms with van der Waals surface area (Å²) in [5.41, 5.74) is 2.20. The number of rotatable bonds is 4. The van der Waals surface area contributed by atoms with Gasteiger partial charge in [-0.25, -0.2) is 0 Å². The Morgan fingerprint density at radius 1 is 1.20 bits per heavy atom. The molecule has 0 fully saturated rings. The molecule has 0 unspecified atom stereocenters. The van der Waals surface area contributed by atoms with E-state index in [9.17, 15) is 4.21 Å². The smallest absolute Gasteiger partial charge is 0.251 e. The van der Waals surface area contributed by atoms with Crippen molar-refractivity contribution in [3.8, 4) is 0 Å². The Morgan fingerprint density at radius 3 is 2.20 bits per heavy atom. The first-order valence-electron chi connectivity index (χ1n) is 4.72. The second-order valence-corrected chi connectivity index (χ2v) is 6.71. The predicted octanol–water partition coefficient (Wildman–Crippen LogP) is 2.37. The van der Waals surface area contributed by atoms with Gasteiger partial charge in [-0.15, -0.1) is 0 Å². The predicted molar refractivity (Wildman–Crippen MR) is 64.9 cm³/mol.